The molecule has 19 heavy (non-hydrogen) atoms. The number of hydrogen-bond donors (Lipinski definition) is 1. The highest BCUT2D eigenvalue weighted by molar-refractivity contribution is 5.98. The molecule has 0 aromatic carbocycles. The molecule has 0 fully saturated rings. The number of carbonyl (C=O) groups is 2. The van der Waals surface area contributed by atoms with Crippen molar-refractivity contribution < 1.29 is 9.59 Å². The fraction of sp³-hybridized carbons (Fsp3) is 0.615. The second-order valence-electron chi connectivity index (χ2n) is 4.54. The van der Waals surface area contributed by atoms with Crippen molar-refractivity contribution in [1.82, 2.24) is 20.0 Å². The molecule has 0 saturated heterocycles. The minimum Gasteiger partial charge on any atom is -0.342 e. The Morgan fingerprint density at radius 2 is 1.79 bits per heavy atom. The van der Waals surface area contributed by atoms with Crippen molar-refractivity contribution in [2.45, 2.75) is 27.7 Å². The van der Waals surface area contributed by atoms with Gasteiger partial charge in [-0.1, -0.05) is 0 Å². The number of likely N-dealkylation sites (N-methyl/N-ethyl adjacent to an activating group) is 2. The molecule has 106 valence electrons. The molecule has 0 radical (unpaired) electrons. The third-order valence-electron chi connectivity index (χ3n) is 3.18. The van der Waals surface area contributed by atoms with Crippen LogP contribution in [0.15, 0.2) is 0 Å². The Bertz CT molecular complexity index is 444. The van der Waals surface area contributed by atoms with E-state index in [4.69, 9.17) is 0 Å². The summed E-state index contributed by atoms with van der Waals surface area (Å²) < 4.78 is 0. The van der Waals surface area contributed by atoms with Gasteiger partial charge >= 0.3 is 0 Å². The molecule has 0 saturated carbocycles. The van der Waals surface area contributed by atoms with Gasteiger partial charge in [-0.15, -0.1) is 0 Å². The zero-order chi connectivity index (χ0) is 14.6. The smallest absolute Gasteiger partial charge is 0.257 e. The van der Waals surface area contributed by atoms with Gasteiger partial charge in [0, 0.05) is 25.8 Å². The monoisotopic (exact) mass is 266 g/mol. The number of aryl methyl sites for hydroxylation is 2. The van der Waals surface area contributed by atoms with Gasteiger partial charge in [0.1, 0.15) is 0 Å². The number of aromatic nitrogens is 2. The van der Waals surface area contributed by atoms with Crippen molar-refractivity contribution in [1.29, 1.82) is 0 Å². The van der Waals surface area contributed by atoms with Crippen LogP contribution in [0.3, 0.4) is 0 Å². The molecule has 0 bridgehead atoms. The number of rotatable bonds is 5. The number of H-pyrrole nitrogens is 1. The Labute approximate surface area is 113 Å². The molecule has 2 amide bonds. The summed E-state index contributed by atoms with van der Waals surface area (Å²) in [6, 6.07) is 0. The fourth-order valence-corrected chi connectivity index (χ4v) is 2.01. The number of nitrogens with one attached hydrogen (secondary N) is 1. The third-order valence-corrected chi connectivity index (χ3v) is 3.18. The van der Waals surface area contributed by atoms with E-state index in [9.17, 15) is 9.59 Å². The molecule has 0 unspecified atom stereocenters. The van der Waals surface area contributed by atoms with E-state index in [1.807, 2.05) is 13.8 Å². The molecule has 1 heterocycles. The average Bonchev–Trinajstić information content (AvgIpc) is 2.69. The molecule has 1 aromatic heterocycles. The van der Waals surface area contributed by atoms with Crippen LogP contribution >= 0.6 is 0 Å². The van der Waals surface area contributed by atoms with E-state index in [2.05, 4.69) is 10.2 Å². The second kappa shape index (κ2) is 6.36. The van der Waals surface area contributed by atoms with E-state index < -0.39 is 0 Å². The van der Waals surface area contributed by atoms with Crippen molar-refractivity contribution in [2.75, 3.05) is 26.7 Å². The first-order chi connectivity index (χ1) is 8.92. The summed E-state index contributed by atoms with van der Waals surface area (Å²) in [4.78, 5) is 27.4. The zero-order valence-corrected chi connectivity index (χ0v) is 12.3. The summed E-state index contributed by atoms with van der Waals surface area (Å²) in [7, 11) is 1.63. The van der Waals surface area contributed by atoms with Crippen LogP contribution in [0.25, 0.3) is 0 Å². The molecular weight excluding hydrogens is 244 g/mol. The van der Waals surface area contributed by atoms with E-state index in [0.717, 1.165) is 5.69 Å². The minimum atomic E-state index is -0.177. The van der Waals surface area contributed by atoms with Gasteiger partial charge in [0.2, 0.25) is 5.91 Å². The largest absolute Gasteiger partial charge is 0.342 e. The summed E-state index contributed by atoms with van der Waals surface area (Å²) in [5, 5.41) is 6.78. The van der Waals surface area contributed by atoms with E-state index in [0.29, 0.717) is 24.3 Å². The maximum Gasteiger partial charge on any atom is 0.257 e. The zero-order valence-electron chi connectivity index (χ0n) is 12.3. The Balaban J connectivity index is 2.76. The van der Waals surface area contributed by atoms with Crippen LogP contribution in [0.1, 0.15) is 35.6 Å². The van der Waals surface area contributed by atoms with Crippen LogP contribution in [0.2, 0.25) is 0 Å². The molecule has 0 aliphatic carbocycles. The number of nitrogens with zero attached hydrogens (tertiary/aromatic N) is 3. The lowest BCUT2D eigenvalue weighted by atomic mass is 10.2. The SMILES string of the molecule is CCN(CC)C(=O)CN(C)C(=O)c1c(C)n[nH]c1C. The highest BCUT2D eigenvalue weighted by atomic mass is 16.2. The predicted molar refractivity (Wildman–Crippen MR) is 73.0 cm³/mol. The van der Waals surface area contributed by atoms with Gasteiger partial charge in [-0.2, -0.15) is 5.10 Å². The number of aromatic amines is 1. The van der Waals surface area contributed by atoms with Gasteiger partial charge in [-0.25, -0.2) is 0 Å². The van der Waals surface area contributed by atoms with Crippen molar-refractivity contribution >= 4 is 11.8 Å². The summed E-state index contributed by atoms with van der Waals surface area (Å²) >= 11 is 0. The second-order valence-corrected chi connectivity index (χ2v) is 4.54. The fourth-order valence-electron chi connectivity index (χ4n) is 2.01. The highest BCUT2D eigenvalue weighted by Gasteiger charge is 2.22. The molecule has 1 aromatic rings. The van der Waals surface area contributed by atoms with Gasteiger partial charge in [-0.3, -0.25) is 14.7 Å². The van der Waals surface area contributed by atoms with E-state index in [-0.39, 0.29) is 18.4 Å². The van der Waals surface area contributed by atoms with Crippen LogP contribution in [-0.4, -0.2) is 58.5 Å². The molecule has 0 atom stereocenters. The van der Waals surface area contributed by atoms with Crippen molar-refractivity contribution in [3.05, 3.63) is 17.0 Å². The first-order valence-corrected chi connectivity index (χ1v) is 6.47. The van der Waals surface area contributed by atoms with Crippen LogP contribution in [-0.2, 0) is 4.79 Å². The van der Waals surface area contributed by atoms with Crippen LogP contribution in [0, 0.1) is 13.8 Å². The van der Waals surface area contributed by atoms with Crippen LogP contribution < -0.4 is 0 Å². The highest BCUT2D eigenvalue weighted by Crippen LogP contribution is 2.11. The molecule has 0 aliphatic rings. The van der Waals surface area contributed by atoms with Gasteiger partial charge in [0.05, 0.1) is 17.8 Å². The summed E-state index contributed by atoms with van der Waals surface area (Å²) in [6.45, 7) is 8.82. The quantitative estimate of drug-likeness (QED) is 0.863. The van der Waals surface area contributed by atoms with Gasteiger partial charge in [0.15, 0.2) is 0 Å². The molecular formula is C13H22N4O2. The third kappa shape index (κ3) is 3.33. The van der Waals surface area contributed by atoms with Crippen LogP contribution in [0.5, 0.6) is 0 Å². The lowest BCUT2D eigenvalue weighted by Crippen LogP contribution is -2.41. The van der Waals surface area contributed by atoms with Gasteiger partial charge in [0.25, 0.3) is 5.91 Å². The summed E-state index contributed by atoms with van der Waals surface area (Å²) in [5.41, 5.74) is 1.93. The standard InChI is InChI=1S/C13H22N4O2/c1-6-17(7-2)11(18)8-16(5)13(19)12-9(3)14-15-10(12)4/h6-8H2,1-5H3,(H,14,15). The maximum absolute atomic E-state index is 12.3. The van der Waals surface area contributed by atoms with Gasteiger partial charge in [-0.05, 0) is 27.7 Å². The molecule has 0 spiro atoms. The van der Waals surface area contributed by atoms with E-state index in [1.165, 1.54) is 4.90 Å². The van der Waals surface area contributed by atoms with E-state index in [1.54, 1.807) is 25.8 Å². The molecule has 6 heteroatoms. The lowest BCUT2D eigenvalue weighted by molar-refractivity contribution is -0.131. The maximum atomic E-state index is 12.3. The molecule has 0 aliphatic heterocycles. The topological polar surface area (TPSA) is 69.3 Å². The van der Waals surface area contributed by atoms with Crippen LogP contribution in [0.4, 0.5) is 0 Å². The lowest BCUT2D eigenvalue weighted by Gasteiger charge is -2.23. The number of amides is 2. The molecule has 1 N–H and O–H groups in total. The molecule has 1 rings (SSSR count). The summed E-state index contributed by atoms with van der Waals surface area (Å²) in [6.07, 6.45) is 0. The molecule has 6 nitrogen and oxygen atoms in total. The normalized spacial score (nSPS) is 10.4. The number of carbonyl (C=O) groups excluding carboxylic acids is 2. The van der Waals surface area contributed by atoms with Gasteiger partial charge < -0.3 is 9.80 Å². The number of hydrogen-bond acceptors (Lipinski definition) is 3. The Hall–Kier alpha value is -1.85. The van der Waals surface area contributed by atoms with Crippen molar-refractivity contribution in [3.63, 3.8) is 0 Å². The predicted octanol–water partition coefficient (Wildman–Crippen LogP) is 0.967. The average molecular weight is 266 g/mol. The van der Waals surface area contributed by atoms with E-state index >= 15 is 0 Å². The first kappa shape index (κ1) is 15.2. The Morgan fingerprint density at radius 3 is 2.21 bits per heavy atom. The van der Waals surface area contributed by atoms with Crippen molar-refractivity contribution in [2.24, 2.45) is 0 Å². The van der Waals surface area contributed by atoms with Crippen molar-refractivity contribution in [3.8, 4) is 0 Å². The minimum absolute atomic E-state index is 0.0420. The Morgan fingerprint density at radius 1 is 1.21 bits per heavy atom. The first-order valence-electron chi connectivity index (χ1n) is 6.47. The Kier molecular flexibility index (Phi) is 5.09. The summed E-state index contributed by atoms with van der Waals surface area (Å²) in [5.74, 6) is -0.219.